The van der Waals surface area contributed by atoms with E-state index in [0.29, 0.717) is 17.1 Å². The third-order valence-electron chi connectivity index (χ3n) is 2.70. The molecule has 0 unspecified atom stereocenters. The minimum atomic E-state index is -0.204. The van der Waals surface area contributed by atoms with Gasteiger partial charge in [-0.05, 0) is 52.9 Å². The molecular weight excluding hydrogens is 369 g/mol. The molecule has 1 amide bonds. The van der Waals surface area contributed by atoms with E-state index >= 15 is 0 Å². The summed E-state index contributed by atoms with van der Waals surface area (Å²) in [5, 5.41) is 2.85. The third kappa shape index (κ3) is 3.63. The monoisotopic (exact) mass is 383 g/mol. The van der Waals surface area contributed by atoms with Crippen molar-refractivity contribution in [3.8, 4) is 11.5 Å². The Hall–Kier alpha value is -1.76. The van der Waals surface area contributed by atoms with Crippen molar-refractivity contribution in [1.82, 2.24) is 0 Å². The van der Waals surface area contributed by atoms with Gasteiger partial charge >= 0.3 is 0 Å². The maximum absolute atomic E-state index is 12.2. The van der Waals surface area contributed by atoms with E-state index in [-0.39, 0.29) is 5.91 Å². The molecule has 0 aliphatic heterocycles. The van der Waals surface area contributed by atoms with Crippen molar-refractivity contribution < 1.29 is 14.3 Å². The standard InChI is InChI=1S/C15H14INO3/c1-19-13-6-10(7-14(9-13)20-2)15(18)17-12-5-3-4-11(16)8-12/h3-9H,1-2H3,(H,17,18). The van der Waals surface area contributed by atoms with Crippen LogP contribution in [0.5, 0.6) is 11.5 Å². The van der Waals surface area contributed by atoms with E-state index in [4.69, 9.17) is 9.47 Å². The molecule has 0 saturated heterocycles. The average Bonchev–Trinajstić information content (AvgIpc) is 2.46. The van der Waals surface area contributed by atoms with Crippen LogP contribution in [0.25, 0.3) is 0 Å². The van der Waals surface area contributed by atoms with Gasteiger partial charge in [0, 0.05) is 20.9 Å². The van der Waals surface area contributed by atoms with Gasteiger partial charge in [0.1, 0.15) is 11.5 Å². The van der Waals surface area contributed by atoms with Crippen LogP contribution in [0, 0.1) is 3.57 Å². The molecule has 0 saturated carbocycles. The van der Waals surface area contributed by atoms with Crippen LogP contribution in [-0.2, 0) is 0 Å². The minimum Gasteiger partial charge on any atom is -0.497 e. The Kier molecular flexibility index (Phi) is 4.84. The molecule has 104 valence electrons. The Morgan fingerprint density at radius 1 is 1.05 bits per heavy atom. The van der Waals surface area contributed by atoms with Crippen molar-refractivity contribution in [1.29, 1.82) is 0 Å². The van der Waals surface area contributed by atoms with Crippen molar-refractivity contribution >= 4 is 34.2 Å². The van der Waals surface area contributed by atoms with Gasteiger partial charge in [-0.15, -0.1) is 0 Å². The zero-order chi connectivity index (χ0) is 14.5. The number of carbonyl (C=O) groups excluding carboxylic acids is 1. The predicted octanol–water partition coefficient (Wildman–Crippen LogP) is 3.56. The second-order valence-electron chi connectivity index (χ2n) is 4.07. The number of ether oxygens (including phenoxy) is 2. The number of halogens is 1. The van der Waals surface area contributed by atoms with Gasteiger partial charge in [-0.3, -0.25) is 4.79 Å². The molecule has 2 aromatic rings. The van der Waals surface area contributed by atoms with Gasteiger partial charge in [-0.2, -0.15) is 0 Å². The highest BCUT2D eigenvalue weighted by molar-refractivity contribution is 14.1. The van der Waals surface area contributed by atoms with E-state index in [1.165, 1.54) is 0 Å². The molecule has 1 N–H and O–H groups in total. The molecular formula is C15H14INO3. The topological polar surface area (TPSA) is 47.6 Å². The van der Waals surface area contributed by atoms with E-state index in [1.807, 2.05) is 24.3 Å². The summed E-state index contributed by atoms with van der Waals surface area (Å²) >= 11 is 2.20. The fraction of sp³-hybridized carbons (Fsp3) is 0.133. The number of methoxy groups -OCH3 is 2. The summed E-state index contributed by atoms with van der Waals surface area (Å²) in [6, 6.07) is 12.7. The average molecular weight is 383 g/mol. The molecule has 0 aliphatic carbocycles. The molecule has 0 fully saturated rings. The molecule has 2 rings (SSSR count). The van der Waals surface area contributed by atoms with E-state index in [0.717, 1.165) is 9.26 Å². The lowest BCUT2D eigenvalue weighted by molar-refractivity contribution is 0.102. The third-order valence-corrected chi connectivity index (χ3v) is 3.37. The molecule has 0 aliphatic rings. The maximum atomic E-state index is 12.2. The second kappa shape index (κ2) is 6.60. The van der Waals surface area contributed by atoms with Crippen LogP contribution in [0.3, 0.4) is 0 Å². The maximum Gasteiger partial charge on any atom is 0.255 e. The summed E-state index contributed by atoms with van der Waals surface area (Å²) in [5.74, 6) is 0.957. The van der Waals surface area contributed by atoms with Crippen molar-refractivity contribution in [3.05, 3.63) is 51.6 Å². The van der Waals surface area contributed by atoms with Crippen molar-refractivity contribution in [2.24, 2.45) is 0 Å². The van der Waals surface area contributed by atoms with Crippen LogP contribution < -0.4 is 14.8 Å². The van der Waals surface area contributed by atoms with E-state index < -0.39 is 0 Å². The van der Waals surface area contributed by atoms with Gasteiger partial charge in [0.05, 0.1) is 14.2 Å². The largest absolute Gasteiger partial charge is 0.497 e. The van der Waals surface area contributed by atoms with Gasteiger partial charge < -0.3 is 14.8 Å². The lowest BCUT2D eigenvalue weighted by Crippen LogP contribution is -2.12. The molecule has 0 heterocycles. The number of nitrogens with one attached hydrogen (secondary N) is 1. The summed E-state index contributed by atoms with van der Waals surface area (Å²) in [7, 11) is 3.10. The molecule has 0 bridgehead atoms. The highest BCUT2D eigenvalue weighted by Crippen LogP contribution is 2.23. The first kappa shape index (κ1) is 14.6. The molecule has 4 nitrogen and oxygen atoms in total. The fourth-order valence-corrected chi connectivity index (χ4v) is 2.25. The van der Waals surface area contributed by atoms with Gasteiger partial charge in [0.15, 0.2) is 0 Å². The zero-order valence-corrected chi connectivity index (χ0v) is 13.3. The SMILES string of the molecule is COc1cc(OC)cc(C(=O)Nc2cccc(I)c2)c1. The number of hydrogen-bond donors (Lipinski definition) is 1. The smallest absolute Gasteiger partial charge is 0.255 e. The molecule has 0 aromatic heterocycles. The first-order chi connectivity index (χ1) is 9.62. The van der Waals surface area contributed by atoms with Crippen LogP contribution in [0.2, 0.25) is 0 Å². The normalized spacial score (nSPS) is 9.95. The zero-order valence-electron chi connectivity index (χ0n) is 11.1. The summed E-state index contributed by atoms with van der Waals surface area (Å²) in [5.41, 5.74) is 1.24. The van der Waals surface area contributed by atoms with E-state index in [2.05, 4.69) is 27.9 Å². The minimum absolute atomic E-state index is 0.204. The summed E-state index contributed by atoms with van der Waals surface area (Å²) in [4.78, 5) is 12.2. The number of hydrogen-bond acceptors (Lipinski definition) is 3. The Labute approximate surface area is 131 Å². The summed E-state index contributed by atoms with van der Waals surface area (Å²) < 4.78 is 11.4. The lowest BCUT2D eigenvalue weighted by Gasteiger charge is -2.09. The highest BCUT2D eigenvalue weighted by Gasteiger charge is 2.10. The summed E-state index contributed by atoms with van der Waals surface area (Å²) in [6.45, 7) is 0. The quantitative estimate of drug-likeness (QED) is 0.822. The molecule has 0 radical (unpaired) electrons. The molecule has 0 spiro atoms. The number of rotatable bonds is 4. The molecule has 5 heteroatoms. The molecule has 2 aromatic carbocycles. The van der Waals surface area contributed by atoms with Crippen LogP contribution >= 0.6 is 22.6 Å². The van der Waals surface area contributed by atoms with Gasteiger partial charge in [0.25, 0.3) is 5.91 Å². The van der Waals surface area contributed by atoms with Crippen LogP contribution in [0.4, 0.5) is 5.69 Å². The molecule has 0 atom stereocenters. The van der Waals surface area contributed by atoms with Crippen molar-refractivity contribution in [3.63, 3.8) is 0 Å². The van der Waals surface area contributed by atoms with E-state index in [9.17, 15) is 4.79 Å². The Balaban J connectivity index is 2.24. The first-order valence-corrected chi connectivity index (χ1v) is 7.00. The van der Waals surface area contributed by atoms with Gasteiger partial charge in [-0.1, -0.05) is 6.07 Å². The van der Waals surface area contributed by atoms with Crippen LogP contribution in [0.1, 0.15) is 10.4 Å². The lowest BCUT2D eigenvalue weighted by atomic mass is 10.2. The van der Waals surface area contributed by atoms with Crippen LogP contribution in [0.15, 0.2) is 42.5 Å². The van der Waals surface area contributed by atoms with E-state index in [1.54, 1.807) is 32.4 Å². The van der Waals surface area contributed by atoms with Gasteiger partial charge in [-0.25, -0.2) is 0 Å². The number of amides is 1. The molecule has 20 heavy (non-hydrogen) atoms. The second-order valence-corrected chi connectivity index (χ2v) is 5.31. The van der Waals surface area contributed by atoms with Crippen molar-refractivity contribution in [2.45, 2.75) is 0 Å². The predicted molar refractivity (Wildman–Crippen MR) is 86.7 cm³/mol. The number of anilines is 1. The number of carbonyl (C=O) groups is 1. The Morgan fingerprint density at radius 2 is 1.70 bits per heavy atom. The summed E-state index contributed by atoms with van der Waals surface area (Å²) in [6.07, 6.45) is 0. The van der Waals surface area contributed by atoms with Crippen molar-refractivity contribution in [2.75, 3.05) is 19.5 Å². The Bertz CT molecular complexity index is 606. The fourth-order valence-electron chi connectivity index (χ4n) is 1.71. The number of benzene rings is 2. The first-order valence-electron chi connectivity index (χ1n) is 5.92. The van der Waals surface area contributed by atoms with Gasteiger partial charge in [0.2, 0.25) is 0 Å². The Morgan fingerprint density at radius 3 is 2.25 bits per heavy atom. The van der Waals surface area contributed by atoms with Crippen LogP contribution in [-0.4, -0.2) is 20.1 Å². The highest BCUT2D eigenvalue weighted by atomic mass is 127.